The summed E-state index contributed by atoms with van der Waals surface area (Å²) in [6.45, 7) is 1.78. The zero-order valence-electron chi connectivity index (χ0n) is 12.4. The van der Waals surface area contributed by atoms with Crippen LogP contribution >= 0.6 is 11.6 Å². The molecule has 0 saturated heterocycles. The van der Waals surface area contributed by atoms with Gasteiger partial charge in [-0.3, -0.25) is 4.72 Å². The Balaban J connectivity index is 2.42. The molecular formula is C15H16ClNO4S. The van der Waals surface area contributed by atoms with Crippen molar-refractivity contribution < 1.29 is 17.9 Å². The normalized spacial score (nSPS) is 11.1. The predicted molar refractivity (Wildman–Crippen MR) is 86.5 cm³/mol. The maximum Gasteiger partial charge on any atom is 0.262 e. The van der Waals surface area contributed by atoms with E-state index in [2.05, 4.69) is 4.72 Å². The third kappa shape index (κ3) is 3.45. The van der Waals surface area contributed by atoms with Crippen molar-refractivity contribution in [2.24, 2.45) is 0 Å². The topological polar surface area (TPSA) is 64.6 Å². The molecular weight excluding hydrogens is 326 g/mol. The Labute approximate surface area is 134 Å². The van der Waals surface area contributed by atoms with Crippen molar-refractivity contribution >= 4 is 27.3 Å². The fourth-order valence-corrected chi connectivity index (χ4v) is 3.13. The largest absolute Gasteiger partial charge is 0.497 e. The molecule has 0 fully saturated rings. The van der Waals surface area contributed by atoms with Gasteiger partial charge in [0.1, 0.15) is 11.5 Å². The Morgan fingerprint density at radius 3 is 2.45 bits per heavy atom. The first-order valence-corrected chi connectivity index (χ1v) is 8.24. The average molecular weight is 342 g/mol. The van der Waals surface area contributed by atoms with Gasteiger partial charge < -0.3 is 9.47 Å². The fourth-order valence-electron chi connectivity index (χ4n) is 1.88. The molecule has 0 heterocycles. The molecule has 0 aliphatic carbocycles. The smallest absolute Gasteiger partial charge is 0.262 e. The number of aryl methyl sites for hydroxylation is 1. The van der Waals surface area contributed by atoms with Crippen molar-refractivity contribution in [1.29, 1.82) is 0 Å². The van der Waals surface area contributed by atoms with Gasteiger partial charge in [0.05, 0.1) is 24.8 Å². The summed E-state index contributed by atoms with van der Waals surface area (Å²) in [7, 11) is -0.836. The summed E-state index contributed by atoms with van der Waals surface area (Å²) >= 11 is 6.02. The first-order valence-electron chi connectivity index (χ1n) is 6.38. The summed E-state index contributed by atoms with van der Waals surface area (Å²) < 4.78 is 37.7. The van der Waals surface area contributed by atoms with Crippen molar-refractivity contribution in [3.8, 4) is 11.5 Å². The lowest BCUT2D eigenvalue weighted by Crippen LogP contribution is -2.14. The summed E-state index contributed by atoms with van der Waals surface area (Å²) in [5.74, 6) is 0.809. The summed E-state index contributed by atoms with van der Waals surface area (Å²) in [6.07, 6.45) is 0. The number of methoxy groups -OCH3 is 2. The average Bonchev–Trinajstić information content (AvgIpc) is 2.50. The quantitative estimate of drug-likeness (QED) is 0.904. The lowest BCUT2D eigenvalue weighted by Gasteiger charge is -2.14. The number of rotatable bonds is 5. The SMILES string of the molecule is COc1cccc(S(=O)(=O)Nc2cc(C)c(Cl)cc2OC)c1. The minimum atomic E-state index is -3.76. The van der Waals surface area contributed by atoms with Gasteiger partial charge in [-0.15, -0.1) is 0 Å². The minimum Gasteiger partial charge on any atom is -0.497 e. The Morgan fingerprint density at radius 2 is 1.82 bits per heavy atom. The summed E-state index contributed by atoms with van der Waals surface area (Å²) in [5.41, 5.74) is 1.07. The molecule has 2 aromatic rings. The number of benzene rings is 2. The second kappa shape index (κ2) is 6.46. The number of anilines is 1. The highest BCUT2D eigenvalue weighted by atomic mass is 35.5. The Morgan fingerprint density at radius 1 is 1.09 bits per heavy atom. The number of nitrogens with one attached hydrogen (secondary N) is 1. The summed E-state index contributed by atoms with van der Waals surface area (Å²) in [5, 5.41) is 0.501. The number of halogens is 1. The van der Waals surface area contributed by atoms with Crippen LogP contribution in [0.2, 0.25) is 5.02 Å². The van der Waals surface area contributed by atoms with Crippen LogP contribution in [0.5, 0.6) is 11.5 Å². The molecule has 0 aliphatic heterocycles. The van der Waals surface area contributed by atoms with Crippen LogP contribution in [-0.4, -0.2) is 22.6 Å². The molecule has 0 unspecified atom stereocenters. The van der Waals surface area contributed by atoms with Crippen LogP contribution in [0, 0.1) is 6.92 Å². The van der Waals surface area contributed by atoms with E-state index in [1.807, 2.05) is 0 Å². The van der Waals surface area contributed by atoms with E-state index >= 15 is 0 Å². The zero-order chi connectivity index (χ0) is 16.3. The Hall–Kier alpha value is -1.92. The van der Waals surface area contributed by atoms with E-state index < -0.39 is 10.0 Å². The van der Waals surface area contributed by atoms with Crippen molar-refractivity contribution in [3.63, 3.8) is 0 Å². The van der Waals surface area contributed by atoms with Crippen molar-refractivity contribution in [1.82, 2.24) is 0 Å². The lowest BCUT2D eigenvalue weighted by molar-refractivity contribution is 0.413. The van der Waals surface area contributed by atoms with Crippen LogP contribution < -0.4 is 14.2 Å². The Kier molecular flexibility index (Phi) is 4.83. The number of sulfonamides is 1. The van der Waals surface area contributed by atoms with Crippen molar-refractivity contribution in [2.45, 2.75) is 11.8 Å². The molecule has 0 aliphatic rings. The summed E-state index contributed by atoms with van der Waals surface area (Å²) in [4.78, 5) is 0.0986. The van der Waals surface area contributed by atoms with Crippen molar-refractivity contribution in [3.05, 3.63) is 47.0 Å². The molecule has 7 heteroatoms. The molecule has 2 rings (SSSR count). The van der Waals surface area contributed by atoms with Crippen LogP contribution in [0.1, 0.15) is 5.56 Å². The molecule has 0 bridgehead atoms. The van der Waals surface area contributed by atoms with Crippen LogP contribution in [0.15, 0.2) is 41.3 Å². The lowest BCUT2D eigenvalue weighted by atomic mass is 10.2. The molecule has 0 aromatic heterocycles. The molecule has 5 nitrogen and oxygen atoms in total. The molecule has 0 spiro atoms. The van der Waals surface area contributed by atoms with E-state index in [0.717, 1.165) is 5.56 Å². The highest BCUT2D eigenvalue weighted by Gasteiger charge is 2.18. The molecule has 0 amide bonds. The number of hydrogen-bond acceptors (Lipinski definition) is 4. The number of ether oxygens (including phenoxy) is 2. The third-order valence-corrected chi connectivity index (χ3v) is 4.85. The van der Waals surface area contributed by atoms with E-state index in [4.69, 9.17) is 21.1 Å². The van der Waals surface area contributed by atoms with Gasteiger partial charge in [-0.25, -0.2) is 8.42 Å². The van der Waals surface area contributed by atoms with Gasteiger partial charge in [0.2, 0.25) is 0 Å². The zero-order valence-corrected chi connectivity index (χ0v) is 14.0. The molecule has 118 valence electrons. The molecule has 0 radical (unpaired) electrons. The second-order valence-corrected chi connectivity index (χ2v) is 6.68. The van der Waals surface area contributed by atoms with Crippen LogP contribution in [0.4, 0.5) is 5.69 Å². The highest BCUT2D eigenvalue weighted by Crippen LogP contribution is 2.32. The highest BCUT2D eigenvalue weighted by molar-refractivity contribution is 7.92. The minimum absolute atomic E-state index is 0.0986. The van der Waals surface area contributed by atoms with Crippen molar-refractivity contribution in [2.75, 3.05) is 18.9 Å². The fraction of sp³-hybridized carbons (Fsp3) is 0.200. The molecule has 22 heavy (non-hydrogen) atoms. The van der Waals surface area contributed by atoms with Crippen LogP contribution in [0.3, 0.4) is 0 Å². The maximum absolute atomic E-state index is 12.5. The van der Waals surface area contributed by atoms with Crippen LogP contribution in [0.25, 0.3) is 0 Å². The van der Waals surface area contributed by atoms with E-state index in [1.54, 1.807) is 31.2 Å². The van der Waals surface area contributed by atoms with Gasteiger partial charge >= 0.3 is 0 Å². The van der Waals surface area contributed by atoms with Gasteiger partial charge in [-0.2, -0.15) is 0 Å². The van der Waals surface area contributed by atoms with Gasteiger partial charge in [0.15, 0.2) is 0 Å². The molecule has 1 N–H and O–H groups in total. The third-order valence-electron chi connectivity index (χ3n) is 3.08. The molecule has 0 atom stereocenters. The van der Waals surface area contributed by atoms with E-state index in [-0.39, 0.29) is 4.90 Å². The molecule has 2 aromatic carbocycles. The van der Waals surface area contributed by atoms with E-state index in [1.165, 1.54) is 26.4 Å². The van der Waals surface area contributed by atoms with Gasteiger partial charge in [0, 0.05) is 17.2 Å². The van der Waals surface area contributed by atoms with E-state index in [0.29, 0.717) is 22.2 Å². The van der Waals surface area contributed by atoms with Gasteiger partial charge in [-0.1, -0.05) is 17.7 Å². The predicted octanol–water partition coefficient (Wildman–Crippen LogP) is 3.47. The number of hydrogen-bond donors (Lipinski definition) is 1. The standard InChI is InChI=1S/C15H16ClNO4S/c1-10-7-14(15(21-3)9-13(10)16)17-22(18,19)12-6-4-5-11(8-12)20-2/h4-9,17H,1-3H3. The Bertz CT molecular complexity index is 790. The first kappa shape index (κ1) is 16.5. The monoisotopic (exact) mass is 341 g/mol. The van der Waals surface area contributed by atoms with E-state index in [9.17, 15) is 8.42 Å². The first-order chi connectivity index (χ1) is 10.4. The van der Waals surface area contributed by atoms with Gasteiger partial charge in [-0.05, 0) is 30.7 Å². The second-order valence-electron chi connectivity index (χ2n) is 4.59. The molecule has 0 saturated carbocycles. The maximum atomic E-state index is 12.5. The summed E-state index contributed by atoms with van der Waals surface area (Å²) in [6, 6.07) is 9.40. The van der Waals surface area contributed by atoms with Crippen LogP contribution in [-0.2, 0) is 10.0 Å². The van der Waals surface area contributed by atoms with Gasteiger partial charge in [0.25, 0.3) is 10.0 Å².